The first kappa shape index (κ1) is 15.6. The maximum Gasteiger partial charge on any atom is 0.223 e. The van der Waals surface area contributed by atoms with Gasteiger partial charge in [-0.15, -0.1) is 11.6 Å². The molecule has 0 atom stereocenters. The quantitative estimate of drug-likeness (QED) is 0.751. The molecule has 0 unspecified atom stereocenters. The summed E-state index contributed by atoms with van der Waals surface area (Å²) < 4.78 is 11.3. The molecule has 3 nitrogen and oxygen atoms in total. The van der Waals surface area contributed by atoms with Crippen molar-refractivity contribution in [1.82, 2.24) is 4.98 Å². The molecule has 0 aliphatic heterocycles. The third kappa shape index (κ3) is 3.67. The topological polar surface area (TPSA) is 31.4 Å². The molecular formula is C17H20ClNO2. The molecule has 1 heterocycles. The molecule has 0 aliphatic rings. The third-order valence-corrected chi connectivity index (χ3v) is 3.48. The van der Waals surface area contributed by atoms with Gasteiger partial charge in [0.1, 0.15) is 11.5 Å². The van der Waals surface area contributed by atoms with Gasteiger partial charge >= 0.3 is 0 Å². The van der Waals surface area contributed by atoms with Crippen molar-refractivity contribution in [2.75, 3.05) is 7.11 Å². The van der Waals surface area contributed by atoms with E-state index < -0.39 is 0 Å². The summed E-state index contributed by atoms with van der Waals surface area (Å²) in [6.07, 6.45) is 1.70. The van der Waals surface area contributed by atoms with Crippen LogP contribution in [0.25, 0.3) is 0 Å². The molecule has 0 radical (unpaired) electrons. The minimum absolute atomic E-state index is 0.0697. The second-order valence-corrected chi connectivity index (χ2v) is 6.08. The zero-order valence-electron chi connectivity index (χ0n) is 12.8. The summed E-state index contributed by atoms with van der Waals surface area (Å²) in [5.41, 5.74) is 1.86. The average Bonchev–Trinajstić information content (AvgIpc) is 2.47. The smallest absolute Gasteiger partial charge is 0.223 e. The number of aromatic nitrogens is 1. The lowest BCUT2D eigenvalue weighted by atomic mass is 9.86. The molecule has 2 rings (SSSR count). The Morgan fingerprint density at radius 3 is 2.57 bits per heavy atom. The van der Waals surface area contributed by atoms with E-state index in [1.54, 1.807) is 13.3 Å². The highest BCUT2D eigenvalue weighted by atomic mass is 35.5. The number of nitrogens with zero attached hydrogens (tertiary/aromatic N) is 1. The number of pyridine rings is 1. The lowest BCUT2D eigenvalue weighted by Crippen LogP contribution is -2.13. The van der Waals surface area contributed by atoms with Crippen LogP contribution in [0.4, 0.5) is 0 Å². The van der Waals surface area contributed by atoms with Gasteiger partial charge in [0.15, 0.2) is 0 Å². The van der Waals surface area contributed by atoms with Crippen molar-refractivity contribution in [1.29, 1.82) is 0 Å². The van der Waals surface area contributed by atoms with Crippen molar-refractivity contribution in [2.24, 2.45) is 0 Å². The fraction of sp³-hybridized carbons (Fsp3) is 0.353. The van der Waals surface area contributed by atoms with Crippen LogP contribution in [0.1, 0.15) is 31.9 Å². The van der Waals surface area contributed by atoms with Gasteiger partial charge in [-0.1, -0.05) is 26.8 Å². The Bertz CT molecular complexity index is 620. The molecule has 0 saturated heterocycles. The Morgan fingerprint density at radius 2 is 1.95 bits per heavy atom. The van der Waals surface area contributed by atoms with E-state index >= 15 is 0 Å². The number of rotatable bonds is 4. The van der Waals surface area contributed by atoms with Crippen molar-refractivity contribution in [3.05, 3.63) is 47.7 Å². The minimum Gasteiger partial charge on any atom is -0.497 e. The van der Waals surface area contributed by atoms with Gasteiger partial charge in [-0.2, -0.15) is 0 Å². The van der Waals surface area contributed by atoms with E-state index in [-0.39, 0.29) is 5.41 Å². The van der Waals surface area contributed by atoms with Gasteiger partial charge < -0.3 is 9.47 Å². The molecule has 1 aromatic carbocycles. The first-order valence-corrected chi connectivity index (χ1v) is 7.35. The van der Waals surface area contributed by atoms with Gasteiger partial charge in [-0.25, -0.2) is 4.98 Å². The van der Waals surface area contributed by atoms with Crippen molar-refractivity contribution in [2.45, 2.75) is 32.1 Å². The van der Waals surface area contributed by atoms with Crippen LogP contribution < -0.4 is 9.47 Å². The lowest BCUT2D eigenvalue weighted by molar-refractivity contribution is 0.404. The van der Waals surface area contributed by atoms with Crippen molar-refractivity contribution >= 4 is 11.6 Å². The van der Waals surface area contributed by atoms with Crippen LogP contribution >= 0.6 is 11.6 Å². The number of halogens is 1. The summed E-state index contributed by atoms with van der Waals surface area (Å²) in [6.45, 7) is 6.40. The number of benzene rings is 1. The van der Waals surface area contributed by atoms with E-state index in [0.717, 1.165) is 22.6 Å². The molecule has 0 amide bonds. The van der Waals surface area contributed by atoms with Gasteiger partial charge in [-0.05, 0) is 29.7 Å². The lowest BCUT2D eigenvalue weighted by Gasteiger charge is -2.23. The third-order valence-electron chi connectivity index (χ3n) is 3.20. The number of methoxy groups -OCH3 is 1. The van der Waals surface area contributed by atoms with Gasteiger partial charge in [0.25, 0.3) is 0 Å². The molecular weight excluding hydrogens is 286 g/mol. The van der Waals surface area contributed by atoms with E-state index in [1.165, 1.54) is 0 Å². The molecule has 2 aromatic rings. The average molecular weight is 306 g/mol. The number of hydrogen-bond donors (Lipinski definition) is 0. The van der Waals surface area contributed by atoms with Crippen LogP contribution in [0.3, 0.4) is 0 Å². The fourth-order valence-electron chi connectivity index (χ4n) is 2.03. The van der Waals surface area contributed by atoms with Gasteiger partial charge in [0, 0.05) is 17.3 Å². The summed E-state index contributed by atoms with van der Waals surface area (Å²) in [5, 5.41) is 0. The van der Waals surface area contributed by atoms with Crippen molar-refractivity contribution in [3.63, 3.8) is 0 Å². The molecule has 0 spiro atoms. The van der Waals surface area contributed by atoms with Crippen LogP contribution in [0.5, 0.6) is 17.4 Å². The molecule has 1 aromatic heterocycles. The largest absolute Gasteiger partial charge is 0.497 e. The van der Waals surface area contributed by atoms with Crippen molar-refractivity contribution in [3.8, 4) is 17.4 Å². The molecule has 0 bridgehead atoms. The molecule has 4 heteroatoms. The molecule has 0 fully saturated rings. The summed E-state index contributed by atoms with van der Waals surface area (Å²) in [6, 6.07) is 9.55. The van der Waals surface area contributed by atoms with Gasteiger partial charge in [0.05, 0.1) is 13.0 Å². The minimum atomic E-state index is -0.0697. The summed E-state index contributed by atoms with van der Waals surface area (Å²) in [7, 11) is 1.66. The van der Waals surface area contributed by atoms with Gasteiger partial charge in [-0.3, -0.25) is 0 Å². The number of ether oxygens (including phenoxy) is 2. The van der Waals surface area contributed by atoms with E-state index in [9.17, 15) is 0 Å². The summed E-state index contributed by atoms with van der Waals surface area (Å²) >= 11 is 5.94. The highest BCUT2D eigenvalue weighted by Gasteiger charge is 2.21. The van der Waals surface area contributed by atoms with Crippen LogP contribution in [-0.2, 0) is 11.3 Å². The van der Waals surface area contributed by atoms with E-state index in [1.807, 2.05) is 30.3 Å². The first-order valence-electron chi connectivity index (χ1n) is 6.82. The monoisotopic (exact) mass is 305 g/mol. The van der Waals surface area contributed by atoms with Crippen LogP contribution in [0.15, 0.2) is 36.5 Å². The second-order valence-electron chi connectivity index (χ2n) is 5.82. The molecule has 21 heavy (non-hydrogen) atoms. The maximum absolute atomic E-state index is 6.01. The highest BCUT2D eigenvalue weighted by molar-refractivity contribution is 6.17. The predicted octanol–water partition coefficient (Wildman–Crippen LogP) is 4.92. The molecule has 0 aliphatic carbocycles. The fourth-order valence-corrected chi connectivity index (χ4v) is 2.24. The Morgan fingerprint density at radius 1 is 1.19 bits per heavy atom. The Labute approximate surface area is 130 Å². The first-order chi connectivity index (χ1) is 9.95. The van der Waals surface area contributed by atoms with Crippen LogP contribution in [0.2, 0.25) is 0 Å². The zero-order chi connectivity index (χ0) is 15.5. The normalized spacial score (nSPS) is 11.3. The maximum atomic E-state index is 6.01. The van der Waals surface area contributed by atoms with E-state index in [0.29, 0.717) is 11.8 Å². The zero-order valence-corrected chi connectivity index (χ0v) is 13.6. The standard InChI is InChI=1S/C17H20ClNO2/c1-17(2,3)14-10-13(20-4)7-8-15(14)21-16-12(11-18)6-5-9-19-16/h5-10H,11H2,1-4H3. The second kappa shape index (κ2) is 6.35. The Kier molecular flexibility index (Phi) is 4.73. The highest BCUT2D eigenvalue weighted by Crippen LogP contribution is 2.37. The predicted molar refractivity (Wildman–Crippen MR) is 85.6 cm³/mol. The Balaban J connectivity index is 2.44. The molecule has 0 saturated carbocycles. The van der Waals surface area contributed by atoms with Gasteiger partial charge in [0.2, 0.25) is 5.88 Å². The van der Waals surface area contributed by atoms with E-state index in [2.05, 4.69) is 25.8 Å². The SMILES string of the molecule is COc1ccc(Oc2ncccc2CCl)c(C(C)(C)C)c1. The number of hydrogen-bond acceptors (Lipinski definition) is 3. The van der Waals surface area contributed by atoms with Crippen molar-refractivity contribution < 1.29 is 9.47 Å². The van der Waals surface area contributed by atoms with Crippen LogP contribution in [-0.4, -0.2) is 12.1 Å². The Hall–Kier alpha value is -1.74. The van der Waals surface area contributed by atoms with Crippen LogP contribution in [0, 0.1) is 0 Å². The molecule has 112 valence electrons. The summed E-state index contributed by atoms with van der Waals surface area (Å²) in [5.74, 6) is 2.49. The molecule has 0 N–H and O–H groups in total. The number of alkyl halides is 1. The van der Waals surface area contributed by atoms with E-state index in [4.69, 9.17) is 21.1 Å². The summed E-state index contributed by atoms with van der Waals surface area (Å²) in [4.78, 5) is 4.27.